The van der Waals surface area contributed by atoms with Gasteiger partial charge in [-0.1, -0.05) is 5.16 Å². The van der Waals surface area contributed by atoms with Gasteiger partial charge in [0.2, 0.25) is 5.91 Å². The highest BCUT2D eigenvalue weighted by atomic mass is 16.5. The number of carbonyl (C=O) groups excluding carboxylic acids is 2. The largest absolute Gasteiger partial charge is 0.361 e. The molecule has 0 radical (unpaired) electrons. The molecular formula is C17H20N4O3. The van der Waals surface area contributed by atoms with Crippen molar-refractivity contribution in [2.75, 3.05) is 23.7 Å². The van der Waals surface area contributed by atoms with Crippen LogP contribution in [-0.4, -0.2) is 30.1 Å². The normalized spacial score (nSPS) is 13.5. The molecule has 24 heavy (non-hydrogen) atoms. The first-order valence-corrected chi connectivity index (χ1v) is 7.95. The molecule has 3 N–H and O–H groups in total. The van der Waals surface area contributed by atoms with E-state index in [0.717, 1.165) is 12.5 Å². The maximum atomic E-state index is 12.0. The first-order valence-electron chi connectivity index (χ1n) is 7.95. The molecule has 0 unspecified atom stereocenters. The van der Waals surface area contributed by atoms with Crippen LogP contribution < -0.4 is 16.0 Å². The van der Waals surface area contributed by atoms with Crippen molar-refractivity contribution < 1.29 is 14.1 Å². The molecule has 7 heteroatoms. The molecule has 2 amide bonds. The van der Waals surface area contributed by atoms with Crippen LogP contribution in [0.2, 0.25) is 0 Å². The van der Waals surface area contributed by atoms with Gasteiger partial charge < -0.3 is 20.5 Å². The van der Waals surface area contributed by atoms with Crippen molar-refractivity contribution in [1.29, 1.82) is 0 Å². The van der Waals surface area contributed by atoms with Gasteiger partial charge in [0.15, 0.2) is 0 Å². The third-order valence-corrected chi connectivity index (χ3v) is 3.84. The van der Waals surface area contributed by atoms with E-state index in [1.165, 1.54) is 19.0 Å². The average Bonchev–Trinajstić information content (AvgIpc) is 3.28. The van der Waals surface area contributed by atoms with Gasteiger partial charge in [0.05, 0.1) is 12.7 Å². The van der Waals surface area contributed by atoms with Gasteiger partial charge in [-0.2, -0.15) is 0 Å². The number of nitrogens with zero attached hydrogens (tertiary/aromatic N) is 1. The van der Waals surface area contributed by atoms with Crippen molar-refractivity contribution in [1.82, 2.24) is 10.5 Å². The summed E-state index contributed by atoms with van der Waals surface area (Å²) in [5.74, 6) is 0.854. The standard InChI is InChI=1S/C17H20N4O3/c1-11-15(9-19-24-11)17(23)21-14-6-4-13(5-7-14)20-16(22)10-18-8-12-2-3-12/h4-7,9,12,18H,2-3,8,10H2,1H3,(H,20,22)(H,21,23). The highest BCUT2D eigenvalue weighted by Crippen LogP contribution is 2.27. The summed E-state index contributed by atoms with van der Waals surface area (Å²) in [5, 5.41) is 12.3. The summed E-state index contributed by atoms with van der Waals surface area (Å²) in [6.07, 6.45) is 3.90. The quantitative estimate of drug-likeness (QED) is 0.724. The summed E-state index contributed by atoms with van der Waals surface area (Å²) < 4.78 is 4.87. The molecule has 0 aliphatic heterocycles. The van der Waals surface area contributed by atoms with Gasteiger partial charge in [-0.25, -0.2) is 0 Å². The third kappa shape index (κ3) is 4.42. The number of aryl methyl sites for hydroxylation is 1. The van der Waals surface area contributed by atoms with Crippen LogP contribution >= 0.6 is 0 Å². The van der Waals surface area contributed by atoms with Gasteiger partial charge in [-0.3, -0.25) is 9.59 Å². The summed E-state index contributed by atoms with van der Waals surface area (Å²) in [6, 6.07) is 6.95. The van der Waals surface area contributed by atoms with Gasteiger partial charge in [0, 0.05) is 11.4 Å². The summed E-state index contributed by atoms with van der Waals surface area (Å²) >= 11 is 0. The molecule has 1 saturated carbocycles. The monoisotopic (exact) mass is 328 g/mol. The Bertz CT molecular complexity index is 720. The Hall–Kier alpha value is -2.67. The predicted octanol–water partition coefficient (Wildman–Crippen LogP) is 2.17. The fourth-order valence-corrected chi connectivity index (χ4v) is 2.27. The van der Waals surface area contributed by atoms with E-state index in [4.69, 9.17) is 4.52 Å². The van der Waals surface area contributed by atoms with E-state index in [2.05, 4.69) is 21.1 Å². The molecule has 0 bridgehead atoms. The van der Waals surface area contributed by atoms with Crippen molar-refractivity contribution in [3.63, 3.8) is 0 Å². The molecule has 1 fully saturated rings. The van der Waals surface area contributed by atoms with Crippen LogP contribution in [-0.2, 0) is 4.79 Å². The second kappa shape index (κ2) is 7.27. The van der Waals surface area contributed by atoms with Crippen LogP contribution in [0.25, 0.3) is 0 Å². The second-order valence-electron chi connectivity index (χ2n) is 5.95. The number of nitrogens with one attached hydrogen (secondary N) is 3. The van der Waals surface area contributed by atoms with Crippen molar-refractivity contribution in [2.24, 2.45) is 5.92 Å². The summed E-state index contributed by atoms with van der Waals surface area (Å²) in [4.78, 5) is 23.9. The molecule has 7 nitrogen and oxygen atoms in total. The minimum absolute atomic E-state index is 0.0764. The van der Waals surface area contributed by atoms with Crippen LogP contribution in [0.5, 0.6) is 0 Å². The Morgan fingerprint density at radius 3 is 2.42 bits per heavy atom. The predicted molar refractivity (Wildman–Crippen MR) is 89.9 cm³/mol. The molecule has 126 valence electrons. The topological polar surface area (TPSA) is 96.3 Å². The van der Waals surface area contributed by atoms with Crippen LogP contribution in [0.4, 0.5) is 11.4 Å². The Labute approximate surface area is 139 Å². The lowest BCUT2D eigenvalue weighted by Crippen LogP contribution is -2.29. The van der Waals surface area contributed by atoms with Crippen molar-refractivity contribution >= 4 is 23.2 Å². The maximum absolute atomic E-state index is 12.0. The minimum atomic E-state index is -0.283. The van der Waals surface area contributed by atoms with Gasteiger partial charge in [-0.05, 0) is 56.5 Å². The van der Waals surface area contributed by atoms with E-state index >= 15 is 0 Å². The zero-order valence-corrected chi connectivity index (χ0v) is 13.5. The smallest absolute Gasteiger partial charge is 0.260 e. The number of aromatic nitrogens is 1. The molecule has 2 aromatic rings. The average molecular weight is 328 g/mol. The van der Waals surface area contributed by atoms with E-state index in [9.17, 15) is 9.59 Å². The molecule has 0 spiro atoms. The van der Waals surface area contributed by atoms with Gasteiger partial charge in [0.1, 0.15) is 11.3 Å². The number of amides is 2. The SMILES string of the molecule is Cc1oncc1C(=O)Nc1ccc(NC(=O)CNCC2CC2)cc1. The van der Waals surface area contributed by atoms with Crippen LogP contribution in [0.3, 0.4) is 0 Å². The van der Waals surface area contributed by atoms with E-state index < -0.39 is 0 Å². The van der Waals surface area contributed by atoms with E-state index in [0.29, 0.717) is 29.2 Å². The summed E-state index contributed by atoms with van der Waals surface area (Å²) in [6.45, 7) is 2.89. The molecule has 1 aliphatic rings. The Morgan fingerprint density at radius 1 is 1.17 bits per heavy atom. The molecule has 3 rings (SSSR count). The molecule has 0 atom stereocenters. The van der Waals surface area contributed by atoms with E-state index in [-0.39, 0.29) is 11.8 Å². The molecule has 1 aromatic heterocycles. The Kier molecular flexibility index (Phi) is 4.90. The lowest BCUT2D eigenvalue weighted by molar-refractivity contribution is -0.115. The molecular weight excluding hydrogens is 308 g/mol. The minimum Gasteiger partial charge on any atom is -0.361 e. The number of hydrogen-bond acceptors (Lipinski definition) is 5. The molecule has 0 saturated heterocycles. The third-order valence-electron chi connectivity index (χ3n) is 3.84. The van der Waals surface area contributed by atoms with Gasteiger partial charge >= 0.3 is 0 Å². The fourth-order valence-electron chi connectivity index (χ4n) is 2.27. The lowest BCUT2D eigenvalue weighted by atomic mass is 10.2. The number of carbonyl (C=O) groups is 2. The van der Waals surface area contributed by atoms with Crippen molar-refractivity contribution in [2.45, 2.75) is 19.8 Å². The van der Waals surface area contributed by atoms with Gasteiger partial charge in [0.25, 0.3) is 5.91 Å². The van der Waals surface area contributed by atoms with Crippen LogP contribution in [0.15, 0.2) is 35.0 Å². The number of hydrogen-bond donors (Lipinski definition) is 3. The van der Waals surface area contributed by atoms with E-state index in [1.807, 2.05) is 0 Å². The Morgan fingerprint density at radius 2 is 1.83 bits per heavy atom. The number of benzene rings is 1. The zero-order chi connectivity index (χ0) is 16.9. The zero-order valence-electron chi connectivity index (χ0n) is 13.5. The number of rotatable bonds is 7. The number of anilines is 2. The summed E-state index contributed by atoms with van der Waals surface area (Å²) in [5.41, 5.74) is 1.71. The molecule has 1 heterocycles. The van der Waals surface area contributed by atoms with Crippen molar-refractivity contribution in [3.8, 4) is 0 Å². The molecule has 1 aliphatic carbocycles. The first-order chi connectivity index (χ1) is 11.6. The molecule has 1 aromatic carbocycles. The Balaban J connectivity index is 1.48. The highest BCUT2D eigenvalue weighted by molar-refractivity contribution is 6.04. The highest BCUT2D eigenvalue weighted by Gasteiger charge is 2.20. The van der Waals surface area contributed by atoms with Crippen LogP contribution in [0, 0.1) is 12.8 Å². The van der Waals surface area contributed by atoms with Crippen molar-refractivity contribution in [3.05, 3.63) is 41.8 Å². The summed E-state index contributed by atoms with van der Waals surface area (Å²) in [7, 11) is 0. The maximum Gasteiger partial charge on any atom is 0.260 e. The fraction of sp³-hybridized carbons (Fsp3) is 0.353. The van der Waals surface area contributed by atoms with Gasteiger partial charge in [-0.15, -0.1) is 0 Å². The second-order valence-corrected chi connectivity index (χ2v) is 5.95. The van der Waals surface area contributed by atoms with Crippen LogP contribution in [0.1, 0.15) is 29.0 Å². The lowest BCUT2D eigenvalue weighted by Gasteiger charge is -2.08. The first kappa shape index (κ1) is 16.2. The van der Waals surface area contributed by atoms with E-state index in [1.54, 1.807) is 31.2 Å².